The first kappa shape index (κ1) is 16.1. The maximum absolute atomic E-state index is 12.1. The molecule has 4 heteroatoms. The Morgan fingerprint density at radius 1 is 1.14 bits per heavy atom. The number of piperidine rings is 1. The first-order valence-electron chi connectivity index (χ1n) is 8.98. The molecule has 4 nitrogen and oxygen atoms in total. The third-order valence-corrected chi connectivity index (χ3v) is 5.71. The fourth-order valence-corrected chi connectivity index (χ4v) is 4.26. The molecule has 126 valence electrons. The summed E-state index contributed by atoms with van der Waals surface area (Å²) >= 11 is 0. The van der Waals surface area contributed by atoms with Gasteiger partial charge in [-0.2, -0.15) is 0 Å². The minimum absolute atomic E-state index is 0.141. The summed E-state index contributed by atoms with van der Waals surface area (Å²) in [7, 11) is 0. The van der Waals surface area contributed by atoms with Crippen molar-refractivity contribution >= 4 is 6.09 Å². The van der Waals surface area contributed by atoms with Gasteiger partial charge in [-0.1, -0.05) is 20.3 Å². The number of amides is 1. The van der Waals surface area contributed by atoms with E-state index >= 15 is 0 Å². The van der Waals surface area contributed by atoms with Crippen molar-refractivity contribution in [1.82, 2.24) is 10.2 Å². The first-order chi connectivity index (χ1) is 10.2. The number of hydrogen-bond acceptors (Lipinski definition) is 3. The quantitative estimate of drug-likeness (QED) is 0.851. The number of likely N-dealkylation sites (tertiary alicyclic amines) is 1. The van der Waals surface area contributed by atoms with E-state index in [9.17, 15) is 4.79 Å². The van der Waals surface area contributed by atoms with Crippen LogP contribution in [0.25, 0.3) is 0 Å². The zero-order valence-corrected chi connectivity index (χ0v) is 14.8. The Bertz CT molecular complexity index is 419. The highest BCUT2D eigenvalue weighted by Gasteiger charge is 2.57. The molecule has 2 saturated carbocycles. The summed E-state index contributed by atoms with van der Waals surface area (Å²) in [5.41, 5.74) is -0.394. The Hall–Kier alpha value is -0.770. The second kappa shape index (κ2) is 5.70. The molecule has 0 radical (unpaired) electrons. The Morgan fingerprint density at radius 2 is 1.77 bits per heavy atom. The van der Waals surface area contributed by atoms with Crippen molar-refractivity contribution in [2.24, 2.45) is 23.7 Å². The second-order valence-electron chi connectivity index (χ2n) is 8.91. The van der Waals surface area contributed by atoms with Gasteiger partial charge < -0.3 is 15.0 Å². The van der Waals surface area contributed by atoms with Gasteiger partial charge in [-0.05, 0) is 57.3 Å². The fourth-order valence-electron chi connectivity index (χ4n) is 4.26. The molecule has 0 spiro atoms. The molecule has 3 rings (SSSR count). The average molecular weight is 308 g/mol. The number of carbonyl (C=O) groups is 1. The highest BCUT2D eigenvalue weighted by molar-refractivity contribution is 5.69. The third-order valence-electron chi connectivity index (χ3n) is 5.71. The van der Waals surface area contributed by atoms with Crippen molar-refractivity contribution in [2.75, 3.05) is 13.1 Å². The second-order valence-corrected chi connectivity index (χ2v) is 8.91. The van der Waals surface area contributed by atoms with E-state index in [1.165, 1.54) is 19.3 Å². The number of nitrogens with zero attached hydrogens (tertiary/aromatic N) is 1. The normalized spacial score (nSPS) is 41.2. The van der Waals surface area contributed by atoms with Crippen molar-refractivity contribution in [3.05, 3.63) is 0 Å². The molecule has 22 heavy (non-hydrogen) atoms. The largest absolute Gasteiger partial charge is 0.444 e. The summed E-state index contributed by atoms with van der Waals surface area (Å²) in [6, 6.07) is 1.31. The van der Waals surface area contributed by atoms with Crippen LogP contribution < -0.4 is 5.32 Å². The molecule has 0 aromatic rings. The summed E-state index contributed by atoms with van der Waals surface area (Å²) in [5, 5.41) is 3.90. The molecule has 5 atom stereocenters. The minimum Gasteiger partial charge on any atom is -0.444 e. The van der Waals surface area contributed by atoms with E-state index in [1.807, 2.05) is 25.7 Å². The fraction of sp³-hybridized carbons (Fsp3) is 0.944. The molecule has 3 aliphatic rings. The highest BCUT2D eigenvalue weighted by atomic mass is 16.6. The minimum atomic E-state index is -0.394. The lowest BCUT2D eigenvalue weighted by molar-refractivity contribution is 0.0267. The van der Waals surface area contributed by atoms with Crippen LogP contribution in [0.5, 0.6) is 0 Å². The van der Waals surface area contributed by atoms with Crippen molar-refractivity contribution in [3.8, 4) is 0 Å². The van der Waals surface area contributed by atoms with Crippen molar-refractivity contribution in [2.45, 2.75) is 71.6 Å². The molecular weight excluding hydrogens is 276 g/mol. The molecule has 1 heterocycles. The number of nitrogens with one attached hydrogen (secondary N) is 1. The molecule has 0 aromatic heterocycles. The lowest BCUT2D eigenvalue weighted by Gasteiger charge is -2.34. The molecule has 1 saturated heterocycles. The molecular formula is C18H32N2O2. The zero-order chi connectivity index (χ0) is 16.1. The number of fused-ring (bicyclic) bond motifs is 1. The van der Waals surface area contributed by atoms with E-state index < -0.39 is 5.60 Å². The third kappa shape index (κ3) is 3.42. The van der Waals surface area contributed by atoms with Gasteiger partial charge in [0.05, 0.1) is 0 Å². The molecule has 5 unspecified atom stereocenters. The molecule has 2 aliphatic carbocycles. The van der Waals surface area contributed by atoms with Crippen LogP contribution in [0, 0.1) is 23.7 Å². The van der Waals surface area contributed by atoms with Gasteiger partial charge in [-0.25, -0.2) is 4.79 Å². The van der Waals surface area contributed by atoms with Gasteiger partial charge in [-0.3, -0.25) is 0 Å². The van der Waals surface area contributed by atoms with Crippen LogP contribution in [0.4, 0.5) is 4.79 Å². The van der Waals surface area contributed by atoms with E-state index in [2.05, 4.69) is 19.2 Å². The van der Waals surface area contributed by atoms with E-state index in [0.717, 1.165) is 24.9 Å². The lowest BCUT2D eigenvalue weighted by Crippen LogP contribution is -2.44. The molecule has 3 fully saturated rings. The van der Waals surface area contributed by atoms with Gasteiger partial charge in [0.1, 0.15) is 5.60 Å². The van der Waals surface area contributed by atoms with Gasteiger partial charge in [0.2, 0.25) is 0 Å². The van der Waals surface area contributed by atoms with E-state index in [1.54, 1.807) is 0 Å². The molecule has 0 bridgehead atoms. The summed E-state index contributed by atoms with van der Waals surface area (Å²) in [5.74, 6) is 2.94. The van der Waals surface area contributed by atoms with Crippen molar-refractivity contribution < 1.29 is 9.53 Å². The Morgan fingerprint density at radius 3 is 2.36 bits per heavy atom. The topological polar surface area (TPSA) is 41.6 Å². The van der Waals surface area contributed by atoms with Crippen LogP contribution >= 0.6 is 0 Å². The standard InChI is InChI=1S/C18H32N2O2/c1-11-6-7-12(2)15(8-11)19-16-13-9-20(10-14(13)16)17(21)22-18(3,4)5/h11-16,19H,6-10H2,1-5H3. The molecule has 0 aromatic carbocycles. The van der Waals surface area contributed by atoms with Crippen LogP contribution in [-0.4, -0.2) is 41.8 Å². The van der Waals surface area contributed by atoms with E-state index in [0.29, 0.717) is 23.9 Å². The van der Waals surface area contributed by atoms with E-state index in [4.69, 9.17) is 4.74 Å². The Labute approximate surface area is 135 Å². The summed E-state index contributed by atoms with van der Waals surface area (Å²) in [4.78, 5) is 14.0. The van der Waals surface area contributed by atoms with Crippen LogP contribution in [-0.2, 0) is 4.74 Å². The van der Waals surface area contributed by atoms with E-state index in [-0.39, 0.29) is 6.09 Å². The average Bonchev–Trinajstić information content (AvgIpc) is 2.83. The van der Waals surface area contributed by atoms with Crippen LogP contribution in [0.15, 0.2) is 0 Å². The Kier molecular flexibility index (Phi) is 4.17. The zero-order valence-electron chi connectivity index (χ0n) is 14.8. The smallest absolute Gasteiger partial charge is 0.410 e. The highest BCUT2D eigenvalue weighted by Crippen LogP contribution is 2.47. The first-order valence-corrected chi connectivity index (χ1v) is 8.98. The predicted molar refractivity (Wildman–Crippen MR) is 87.7 cm³/mol. The van der Waals surface area contributed by atoms with Crippen molar-refractivity contribution in [3.63, 3.8) is 0 Å². The maximum Gasteiger partial charge on any atom is 0.410 e. The summed E-state index contributed by atoms with van der Waals surface area (Å²) in [6.07, 6.45) is 3.90. The van der Waals surface area contributed by atoms with Gasteiger partial charge in [0.25, 0.3) is 0 Å². The monoisotopic (exact) mass is 308 g/mol. The summed E-state index contributed by atoms with van der Waals surface area (Å²) < 4.78 is 5.47. The number of rotatable bonds is 2. The van der Waals surface area contributed by atoms with Crippen LogP contribution in [0.1, 0.15) is 53.9 Å². The summed E-state index contributed by atoms with van der Waals surface area (Å²) in [6.45, 7) is 12.3. The van der Waals surface area contributed by atoms with Gasteiger partial charge in [0, 0.05) is 25.2 Å². The maximum atomic E-state index is 12.1. The van der Waals surface area contributed by atoms with Crippen molar-refractivity contribution in [1.29, 1.82) is 0 Å². The number of carbonyl (C=O) groups excluding carboxylic acids is 1. The number of ether oxygens (including phenoxy) is 1. The van der Waals surface area contributed by atoms with Gasteiger partial charge in [0.15, 0.2) is 0 Å². The lowest BCUT2D eigenvalue weighted by atomic mass is 9.80. The predicted octanol–water partition coefficient (Wildman–Crippen LogP) is 3.27. The number of hydrogen-bond donors (Lipinski definition) is 1. The van der Waals surface area contributed by atoms with Gasteiger partial charge >= 0.3 is 6.09 Å². The molecule has 1 aliphatic heterocycles. The molecule has 1 amide bonds. The van der Waals surface area contributed by atoms with Gasteiger partial charge in [-0.15, -0.1) is 0 Å². The van der Waals surface area contributed by atoms with Crippen LogP contribution in [0.2, 0.25) is 0 Å². The molecule has 1 N–H and O–H groups in total. The Balaban J connectivity index is 1.46. The van der Waals surface area contributed by atoms with Crippen LogP contribution in [0.3, 0.4) is 0 Å². The SMILES string of the molecule is CC1CCC(C)C(NC2C3CN(C(=O)OC(C)(C)C)CC32)C1.